The highest BCUT2D eigenvalue weighted by Crippen LogP contribution is 2.56. The number of aryl methyl sites for hydroxylation is 1. The van der Waals surface area contributed by atoms with Gasteiger partial charge in [-0.15, -0.1) is 0 Å². The van der Waals surface area contributed by atoms with E-state index in [-0.39, 0.29) is 0 Å². The second-order valence-electron chi connectivity index (χ2n) is 8.98. The molecule has 1 saturated carbocycles. The maximum Gasteiger partial charge on any atom is 0.164 e. The van der Waals surface area contributed by atoms with Gasteiger partial charge in [0, 0.05) is 12.0 Å². The van der Waals surface area contributed by atoms with E-state index in [0.717, 1.165) is 17.9 Å². The number of hydrogen-bond donors (Lipinski definition) is 0. The van der Waals surface area contributed by atoms with Crippen molar-refractivity contribution in [3.63, 3.8) is 0 Å². The fraction of sp³-hybridized carbons (Fsp3) is 0.682. The number of benzene rings is 1. The molecule has 1 unspecified atom stereocenters. The summed E-state index contributed by atoms with van der Waals surface area (Å²) >= 11 is 0. The van der Waals surface area contributed by atoms with Gasteiger partial charge in [0.05, 0.1) is 0 Å². The fourth-order valence-corrected chi connectivity index (χ4v) is 5.89. The van der Waals surface area contributed by atoms with E-state index in [2.05, 4.69) is 33.8 Å². The zero-order chi connectivity index (χ0) is 16.4. The normalized spacial score (nSPS) is 32.7. The molecule has 0 amide bonds. The first kappa shape index (κ1) is 15.4. The summed E-state index contributed by atoms with van der Waals surface area (Å²) in [6.45, 7) is 9.27. The summed E-state index contributed by atoms with van der Waals surface area (Å²) in [5.41, 5.74) is 7.52. The quantitative estimate of drug-likeness (QED) is 0.628. The summed E-state index contributed by atoms with van der Waals surface area (Å²) in [6.07, 6.45) is 8.77. The van der Waals surface area contributed by atoms with Crippen LogP contribution in [0.25, 0.3) is 0 Å². The highest BCUT2D eigenvalue weighted by molar-refractivity contribution is 6.03. The molecule has 0 aliphatic heterocycles. The lowest BCUT2D eigenvalue weighted by molar-refractivity contribution is 0.0984. The Morgan fingerprint density at radius 2 is 2.00 bits per heavy atom. The van der Waals surface area contributed by atoms with Gasteiger partial charge in [0.25, 0.3) is 0 Å². The molecule has 0 radical (unpaired) electrons. The average molecular weight is 310 g/mol. The average Bonchev–Trinajstić information content (AvgIpc) is 2.85. The largest absolute Gasteiger partial charge is 0.294 e. The van der Waals surface area contributed by atoms with Crippen molar-refractivity contribution in [2.45, 2.75) is 84.5 Å². The summed E-state index contributed by atoms with van der Waals surface area (Å²) in [5.74, 6) is 2.15. The third-order valence-electron chi connectivity index (χ3n) is 7.22. The number of fused-ring (bicyclic) bond motifs is 5. The first-order valence-corrected chi connectivity index (χ1v) is 9.62. The molecule has 3 atom stereocenters. The molecular weight excluding hydrogens is 280 g/mol. The van der Waals surface area contributed by atoms with Crippen LogP contribution in [0.1, 0.15) is 104 Å². The summed E-state index contributed by atoms with van der Waals surface area (Å²) in [5, 5.41) is 0. The van der Waals surface area contributed by atoms with Gasteiger partial charge in [-0.25, -0.2) is 0 Å². The molecule has 4 rings (SSSR count). The van der Waals surface area contributed by atoms with Gasteiger partial charge >= 0.3 is 0 Å². The molecule has 1 nitrogen and oxygen atoms in total. The molecule has 1 aromatic carbocycles. The first-order valence-electron chi connectivity index (χ1n) is 9.62. The minimum absolute atomic E-state index is 0.399. The summed E-state index contributed by atoms with van der Waals surface area (Å²) in [6, 6.07) is 2.40. The molecular formula is C22H30O. The zero-order valence-corrected chi connectivity index (χ0v) is 15.2. The Morgan fingerprint density at radius 3 is 2.74 bits per heavy atom. The Hall–Kier alpha value is -1.11. The molecule has 1 fully saturated rings. The van der Waals surface area contributed by atoms with E-state index >= 15 is 0 Å². The molecule has 0 spiro atoms. The molecule has 1 aromatic rings. The zero-order valence-electron chi connectivity index (χ0n) is 15.2. The van der Waals surface area contributed by atoms with Crippen molar-refractivity contribution in [3.8, 4) is 0 Å². The fourth-order valence-electron chi connectivity index (χ4n) is 5.89. The molecule has 0 saturated heterocycles. The number of carbonyl (C=O) groups excluding carboxylic acids is 1. The van der Waals surface area contributed by atoms with Crippen molar-refractivity contribution < 1.29 is 4.79 Å². The molecule has 0 heterocycles. The lowest BCUT2D eigenvalue weighted by Crippen LogP contribution is -2.34. The van der Waals surface area contributed by atoms with Crippen LogP contribution in [0.3, 0.4) is 0 Å². The highest BCUT2D eigenvalue weighted by atomic mass is 16.1. The second-order valence-corrected chi connectivity index (χ2v) is 8.98. The van der Waals surface area contributed by atoms with Crippen molar-refractivity contribution in [2.75, 3.05) is 0 Å². The van der Waals surface area contributed by atoms with Gasteiger partial charge in [0.1, 0.15) is 0 Å². The molecule has 0 bridgehead atoms. The van der Waals surface area contributed by atoms with Crippen LogP contribution in [-0.4, -0.2) is 5.78 Å². The third-order valence-corrected chi connectivity index (χ3v) is 7.22. The van der Waals surface area contributed by atoms with Gasteiger partial charge in [-0.1, -0.05) is 39.7 Å². The van der Waals surface area contributed by atoms with Gasteiger partial charge in [-0.05, 0) is 78.0 Å². The van der Waals surface area contributed by atoms with E-state index < -0.39 is 0 Å². The van der Waals surface area contributed by atoms with Gasteiger partial charge in [0.2, 0.25) is 0 Å². The first-order chi connectivity index (χ1) is 10.9. The van der Waals surface area contributed by atoms with Crippen LogP contribution in [0.4, 0.5) is 0 Å². The highest BCUT2D eigenvalue weighted by Gasteiger charge is 2.44. The van der Waals surface area contributed by atoms with Crippen LogP contribution in [0.15, 0.2) is 6.07 Å². The van der Waals surface area contributed by atoms with Crippen molar-refractivity contribution in [1.29, 1.82) is 0 Å². The predicted molar refractivity (Wildman–Crippen MR) is 95.3 cm³/mol. The van der Waals surface area contributed by atoms with Crippen molar-refractivity contribution in [1.82, 2.24) is 0 Å². The van der Waals surface area contributed by atoms with E-state index in [0.29, 0.717) is 23.0 Å². The lowest BCUT2D eigenvalue weighted by Gasteiger charge is -2.47. The number of Topliss-reactive ketones (excluding diaryl/α,β-unsaturated/α-hetero) is 1. The van der Waals surface area contributed by atoms with Gasteiger partial charge in [-0.2, -0.15) is 0 Å². The SMILES string of the molecule is Cc1cc2c(c3c1C(=O)CC3C(C)C)CC[C@@]1(C)CCCC[C@H]21. The topological polar surface area (TPSA) is 17.1 Å². The monoisotopic (exact) mass is 310 g/mol. The molecule has 124 valence electrons. The molecule has 0 aromatic heterocycles. The Balaban J connectivity index is 1.92. The van der Waals surface area contributed by atoms with E-state index in [1.807, 2.05) is 0 Å². The minimum Gasteiger partial charge on any atom is -0.294 e. The number of rotatable bonds is 1. The van der Waals surface area contributed by atoms with Crippen LogP contribution in [0.2, 0.25) is 0 Å². The molecule has 23 heavy (non-hydrogen) atoms. The maximum absolute atomic E-state index is 12.6. The smallest absolute Gasteiger partial charge is 0.164 e. The standard InChI is InChI=1S/C22H30O/c1-13(2)16-12-19(23)20-14(3)11-17-15(21(16)20)8-10-22(4)9-6-5-7-18(17)22/h11,13,16,18H,5-10,12H2,1-4H3/t16?,18-,22-/m1/s1. The molecule has 3 aliphatic rings. The Kier molecular flexibility index (Phi) is 3.48. The van der Waals surface area contributed by atoms with E-state index in [1.165, 1.54) is 49.7 Å². The van der Waals surface area contributed by atoms with E-state index in [9.17, 15) is 4.79 Å². The van der Waals surface area contributed by atoms with Crippen LogP contribution >= 0.6 is 0 Å². The summed E-state index contributed by atoms with van der Waals surface area (Å²) in [4.78, 5) is 12.6. The number of ketones is 1. The number of hydrogen-bond acceptors (Lipinski definition) is 1. The Labute approximate surface area is 140 Å². The lowest BCUT2D eigenvalue weighted by atomic mass is 9.58. The van der Waals surface area contributed by atoms with Crippen LogP contribution in [-0.2, 0) is 6.42 Å². The van der Waals surface area contributed by atoms with E-state index in [1.54, 1.807) is 11.1 Å². The third kappa shape index (κ3) is 2.15. The Morgan fingerprint density at radius 1 is 1.22 bits per heavy atom. The predicted octanol–water partition coefficient (Wildman–Crippen LogP) is 5.93. The van der Waals surface area contributed by atoms with Crippen LogP contribution in [0, 0.1) is 18.3 Å². The van der Waals surface area contributed by atoms with Gasteiger partial charge < -0.3 is 0 Å². The molecule has 3 aliphatic carbocycles. The van der Waals surface area contributed by atoms with E-state index in [4.69, 9.17) is 0 Å². The van der Waals surface area contributed by atoms with Gasteiger partial charge in [-0.3, -0.25) is 4.79 Å². The minimum atomic E-state index is 0.399. The summed E-state index contributed by atoms with van der Waals surface area (Å²) in [7, 11) is 0. The number of carbonyl (C=O) groups is 1. The second kappa shape index (κ2) is 5.19. The summed E-state index contributed by atoms with van der Waals surface area (Å²) < 4.78 is 0. The van der Waals surface area contributed by atoms with Crippen molar-refractivity contribution in [3.05, 3.63) is 33.9 Å². The van der Waals surface area contributed by atoms with Crippen molar-refractivity contribution >= 4 is 5.78 Å². The van der Waals surface area contributed by atoms with Gasteiger partial charge in [0.15, 0.2) is 5.78 Å². The molecule has 0 N–H and O–H groups in total. The Bertz CT molecular complexity index is 669. The van der Waals surface area contributed by atoms with Crippen LogP contribution in [0.5, 0.6) is 0 Å². The van der Waals surface area contributed by atoms with Crippen molar-refractivity contribution in [2.24, 2.45) is 11.3 Å². The van der Waals surface area contributed by atoms with Crippen LogP contribution < -0.4 is 0 Å². The molecule has 1 heteroatoms. The maximum atomic E-state index is 12.6.